The highest BCUT2D eigenvalue weighted by Crippen LogP contribution is 2.33. The van der Waals surface area contributed by atoms with Crippen molar-refractivity contribution >= 4 is 40.3 Å². The van der Waals surface area contributed by atoms with Gasteiger partial charge < -0.3 is 19.9 Å². The number of hydrogen-bond acceptors (Lipinski definition) is 7. The van der Waals surface area contributed by atoms with Crippen LogP contribution in [0.1, 0.15) is 0 Å². The highest BCUT2D eigenvalue weighted by molar-refractivity contribution is 6.32. The van der Waals surface area contributed by atoms with E-state index in [4.69, 9.17) is 21.3 Å². The summed E-state index contributed by atoms with van der Waals surface area (Å²) in [5, 5.41) is 8.14. The second-order valence-electron chi connectivity index (χ2n) is 8.21. The van der Waals surface area contributed by atoms with Crippen molar-refractivity contribution in [2.24, 2.45) is 0 Å². The summed E-state index contributed by atoms with van der Waals surface area (Å²) in [4.78, 5) is 18.0. The number of anilines is 4. The Morgan fingerprint density at radius 2 is 1.88 bits per heavy atom. The summed E-state index contributed by atoms with van der Waals surface area (Å²) in [5.74, 6) is 1.13. The normalized spacial score (nSPS) is 13.8. The third kappa shape index (κ3) is 4.32. The lowest BCUT2D eigenvalue weighted by Gasteiger charge is -2.29. The van der Waals surface area contributed by atoms with E-state index >= 15 is 0 Å². The lowest BCUT2D eigenvalue weighted by Crippen LogP contribution is -2.40. The first-order chi connectivity index (χ1) is 16.5. The van der Waals surface area contributed by atoms with Gasteiger partial charge in [0.1, 0.15) is 17.1 Å². The number of benzene rings is 1. The van der Waals surface area contributed by atoms with Crippen molar-refractivity contribution in [2.75, 3.05) is 62.5 Å². The standard InChI is InChI=1S/C24H26ClN8O/c1-31(2)17-5-7-22-27-14-20(33(22)15-17)23-18(25)13-28-24(30-23)29-19-6-4-16(12-21(19)34-3)32-10-8-26-9-11-32/h4-7,12-15H,8-11H2,1-3H3,(H,28,29,30). The number of ether oxygens (including phenoxy) is 1. The smallest absolute Gasteiger partial charge is 0.227 e. The summed E-state index contributed by atoms with van der Waals surface area (Å²) in [6.07, 6.45) is 5.38. The molecule has 1 saturated heterocycles. The Balaban J connectivity index is 1.47. The topological polar surface area (TPSA) is 84.9 Å². The highest BCUT2D eigenvalue weighted by atomic mass is 35.5. The zero-order valence-corrected chi connectivity index (χ0v) is 20.1. The maximum atomic E-state index is 6.52. The molecule has 0 aliphatic carbocycles. The first-order valence-electron chi connectivity index (χ1n) is 11.0. The van der Waals surface area contributed by atoms with Gasteiger partial charge in [0, 0.05) is 58.2 Å². The number of pyridine rings is 1. The van der Waals surface area contributed by atoms with E-state index in [1.54, 1.807) is 19.5 Å². The minimum atomic E-state index is 0.418. The minimum absolute atomic E-state index is 0.418. The largest absolute Gasteiger partial charge is 0.494 e. The van der Waals surface area contributed by atoms with Gasteiger partial charge in [0.15, 0.2) is 0 Å². The maximum Gasteiger partial charge on any atom is 0.227 e. The van der Waals surface area contributed by atoms with Crippen molar-refractivity contribution < 1.29 is 4.74 Å². The van der Waals surface area contributed by atoms with Crippen LogP contribution in [-0.4, -0.2) is 66.7 Å². The summed E-state index contributed by atoms with van der Waals surface area (Å²) in [7, 11) is 5.65. The number of aromatic nitrogens is 4. The Hall–Kier alpha value is -3.56. The Morgan fingerprint density at radius 3 is 2.65 bits per heavy atom. The van der Waals surface area contributed by atoms with Crippen LogP contribution in [0.5, 0.6) is 5.75 Å². The van der Waals surface area contributed by atoms with Crippen molar-refractivity contribution in [3.05, 3.63) is 53.9 Å². The number of nitrogens with one attached hydrogen (secondary N) is 1. The molecule has 3 aromatic heterocycles. The van der Waals surface area contributed by atoms with Crippen molar-refractivity contribution in [1.29, 1.82) is 0 Å². The van der Waals surface area contributed by atoms with E-state index in [0.717, 1.165) is 54.6 Å². The second kappa shape index (κ2) is 9.36. The Kier molecular flexibility index (Phi) is 6.12. The van der Waals surface area contributed by atoms with Crippen LogP contribution in [0.15, 0.2) is 48.9 Å². The molecule has 4 heterocycles. The molecule has 0 atom stereocenters. The molecule has 1 fully saturated rings. The van der Waals surface area contributed by atoms with E-state index in [2.05, 4.69) is 31.6 Å². The van der Waals surface area contributed by atoms with Gasteiger partial charge in [-0.3, -0.25) is 4.40 Å². The van der Waals surface area contributed by atoms with Gasteiger partial charge in [-0.2, -0.15) is 0 Å². The van der Waals surface area contributed by atoms with Gasteiger partial charge in [0.2, 0.25) is 5.95 Å². The summed E-state index contributed by atoms with van der Waals surface area (Å²) in [6, 6.07) is 10.1. The molecule has 0 bridgehead atoms. The van der Waals surface area contributed by atoms with E-state index < -0.39 is 0 Å². The molecule has 10 heteroatoms. The van der Waals surface area contributed by atoms with E-state index in [9.17, 15) is 0 Å². The van der Waals surface area contributed by atoms with Gasteiger partial charge in [0.25, 0.3) is 0 Å². The fourth-order valence-electron chi connectivity index (χ4n) is 3.98. The van der Waals surface area contributed by atoms with Gasteiger partial charge >= 0.3 is 0 Å². The van der Waals surface area contributed by atoms with Crippen LogP contribution in [-0.2, 0) is 0 Å². The Labute approximate surface area is 203 Å². The number of nitrogens with zero attached hydrogens (tertiary/aromatic N) is 7. The van der Waals surface area contributed by atoms with Gasteiger partial charge in [-0.25, -0.2) is 20.3 Å². The number of rotatable bonds is 6. The van der Waals surface area contributed by atoms with E-state index in [0.29, 0.717) is 22.4 Å². The monoisotopic (exact) mass is 477 g/mol. The van der Waals surface area contributed by atoms with Crippen LogP contribution >= 0.6 is 11.6 Å². The van der Waals surface area contributed by atoms with Crippen molar-refractivity contribution in [1.82, 2.24) is 24.7 Å². The fraction of sp³-hybridized carbons (Fsp3) is 0.292. The molecule has 5 rings (SSSR count). The predicted octanol–water partition coefficient (Wildman–Crippen LogP) is 3.69. The number of methoxy groups -OCH3 is 1. The van der Waals surface area contributed by atoms with Gasteiger partial charge in [0.05, 0.1) is 41.6 Å². The molecule has 0 amide bonds. The van der Waals surface area contributed by atoms with E-state index in [1.807, 2.05) is 53.9 Å². The average Bonchev–Trinajstić information content (AvgIpc) is 3.29. The molecule has 9 nitrogen and oxygen atoms in total. The van der Waals surface area contributed by atoms with Crippen molar-refractivity contribution in [3.8, 4) is 17.1 Å². The lowest BCUT2D eigenvalue weighted by atomic mass is 10.2. The van der Waals surface area contributed by atoms with Gasteiger partial charge in [-0.1, -0.05) is 11.6 Å². The van der Waals surface area contributed by atoms with Crippen molar-refractivity contribution in [2.45, 2.75) is 0 Å². The number of piperazine rings is 1. The minimum Gasteiger partial charge on any atom is -0.494 e. The molecule has 1 aliphatic rings. The molecule has 0 saturated carbocycles. The molecule has 175 valence electrons. The number of imidazole rings is 1. The quantitative estimate of drug-likeness (QED) is 0.453. The van der Waals surface area contributed by atoms with E-state index in [-0.39, 0.29) is 0 Å². The molecule has 1 N–H and O–H groups in total. The summed E-state index contributed by atoms with van der Waals surface area (Å²) in [6.45, 7) is 3.52. The number of hydrogen-bond donors (Lipinski definition) is 1. The fourth-order valence-corrected chi connectivity index (χ4v) is 4.17. The number of fused-ring (bicyclic) bond motifs is 1. The zero-order valence-electron chi connectivity index (χ0n) is 19.4. The van der Waals surface area contributed by atoms with E-state index in [1.165, 1.54) is 0 Å². The first-order valence-corrected chi connectivity index (χ1v) is 11.4. The molecule has 4 aromatic rings. The SMILES string of the molecule is COc1cc(N2CC[N]CC2)ccc1Nc1ncc(Cl)c(-c2cnc3ccc(N(C)C)cn23)n1. The van der Waals surface area contributed by atoms with Crippen molar-refractivity contribution in [3.63, 3.8) is 0 Å². The summed E-state index contributed by atoms with van der Waals surface area (Å²) in [5.41, 5.74) is 5.11. The second-order valence-corrected chi connectivity index (χ2v) is 8.62. The molecule has 1 radical (unpaired) electrons. The zero-order chi connectivity index (χ0) is 23.7. The molecular weight excluding hydrogens is 452 g/mol. The van der Waals surface area contributed by atoms with Crippen LogP contribution in [0.3, 0.4) is 0 Å². The molecular formula is C24H26ClN8O. The predicted molar refractivity (Wildman–Crippen MR) is 136 cm³/mol. The number of halogens is 1. The first kappa shape index (κ1) is 22.2. The van der Waals surface area contributed by atoms with Gasteiger partial charge in [-0.05, 0) is 24.3 Å². The molecule has 1 aromatic carbocycles. The highest BCUT2D eigenvalue weighted by Gasteiger charge is 2.17. The summed E-state index contributed by atoms with van der Waals surface area (Å²) < 4.78 is 7.64. The molecule has 1 aliphatic heterocycles. The maximum absolute atomic E-state index is 6.52. The molecule has 0 spiro atoms. The van der Waals surface area contributed by atoms with Crippen LogP contribution in [0, 0.1) is 0 Å². The third-order valence-electron chi connectivity index (χ3n) is 5.85. The third-order valence-corrected chi connectivity index (χ3v) is 6.12. The molecule has 34 heavy (non-hydrogen) atoms. The Bertz CT molecular complexity index is 1320. The van der Waals surface area contributed by atoms with Crippen LogP contribution < -0.4 is 25.2 Å². The molecule has 0 unspecified atom stereocenters. The average molecular weight is 478 g/mol. The van der Waals surface area contributed by atoms with Crippen LogP contribution in [0.4, 0.5) is 23.0 Å². The summed E-state index contributed by atoms with van der Waals surface area (Å²) >= 11 is 6.52. The van der Waals surface area contributed by atoms with Crippen LogP contribution in [0.25, 0.3) is 17.0 Å². The van der Waals surface area contributed by atoms with Crippen LogP contribution in [0.2, 0.25) is 5.02 Å². The Morgan fingerprint density at radius 1 is 1.06 bits per heavy atom. The lowest BCUT2D eigenvalue weighted by molar-refractivity contribution is 0.416. The van der Waals surface area contributed by atoms with Gasteiger partial charge in [-0.15, -0.1) is 0 Å².